The molecule has 196 valence electrons. The number of hydrogen-bond donors (Lipinski definition) is 2. The number of fused-ring (bicyclic) bond motifs is 1. The predicted molar refractivity (Wildman–Crippen MR) is 150 cm³/mol. The number of rotatable bonds is 6. The number of pyridine rings is 1. The maximum absolute atomic E-state index is 12.8. The average molecular weight is 513 g/mol. The molecule has 0 bridgehead atoms. The molecule has 0 spiro atoms. The number of benzene rings is 3. The van der Waals surface area contributed by atoms with Crippen molar-refractivity contribution in [3.63, 3.8) is 0 Å². The molecule has 4 aromatic rings. The zero-order valence-corrected chi connectivity index (χ0v) is 21.9. The highest BCUT2D eigenvalue weighted by Crippen LogP contribution is 2.28. The second-order valence-electron chi connectivity index (χ2n) is 8.35. The van der Waals surface area contributed by atoms with E-state index in [4.69, 9.17) is 9.47 Å². The van der Waals surface area contributed by atoms with Gasteiger partial charge in [0.25, 0.3) is 11.8 Å². The Balaban J connectivity index is 0.00000164. The SMILES string of the molecule is CC.CNC(=O)c1cccc2cc(Oc3ccnc(NC(=O)c4ccc(N5CCOCC5)cc4)c3)ccc12. The van der Waals surface area contributed by atoms with Crippen LogP contribution in [-0.4, -0.2) is 50.1 Å². The fourth-order valence-corrected chi connectivity index (χ4v) is 4.17. The van der Waals surface area contributed by atoms with Crippen molar-refractivity contribution < 1.29 is 19.1 Å². The van der Waals surface area contributed by atoms with Crippen LogP contribution in [0.3, 0.4) is 0 Å². The Kier molecular flexibility index (Phi) is 8.89. The van der Waals surface area contributed by atoms with E-state index in [1.54, 1.807) is 31.4 Å². The normalized spacial score (nSPS) is 12.8. The van der Waals surface area contributed by atoms with Gasteiger partial charge >= 0.3 is 0 Å². The molecule has 2 heterocycles. The highest BCUT2D eigenvalue weighted by molar-refractivity contribution is 6.07. The van der Waals surface area contributed by atoms with Gasteiger partial charge in [-0.1, -0.05) is 26.0 Å². The molecule has 8 heteroatoms. The van der Waals surface area contributed by atoms with Crippen LogP contribution < -0.4 is 20.3 Å². The van der Waals surface area contributed by atoms with E-state index in [1.807, 2.05) is 68.4 Å². The minimum absolute atomic E-state index is 0.139. The fourth-order valence-electron chi connectivity index (χ4n) is 4.17. The van der Waals surface area contributed by atoms with E-state index in [9.17, 15) is 9.59 Å². The predicted octanol–water partition coefficient (Wildman–Crippen LogP) is 5.50. The van der Waals surface area contributed by atoms with Gasteiger partial charge in [0.15, 0.2) is 0 Å². The summed E-state index contributed by atoms with van der Waals surface area (Å²) in [6.07, 6.45) is 1.58. The molecule has 38 heavy (non-hydrogen) atoms. The highest BCUT2D eigenvalue weighted by Gasteiger charge is 2.13. The van der Waals surface area contributed by atoms with Crippen LogP contribution in [0.4, 0.5) is 11.5 Å². The maximum atomic E-state index is 12.8. The Morgan fingerprint density at radius 1 is 0.895 bits per heavy atom. The van der Waals surface area contributed by atoms with Crippen molar-refractivity contribution in [2.24, 2.45) is 0 Å². The van der Waals surface area contributed by atoms with Crippen molar-refractivity contribution in [1.29, 1.82) is 0 Å². The summed E-state index contributed by atoms with van der Waals surface area (Å²) in [6, 6.07) is 22.0. The van der Waals surface area contributed by atoms with Crippen molar-refractivity contribution in [2.75, 3.05) is 43.6 Å². The van der Waals surface area contributed by atoms with Gasteiger partial charge in [-0.05, 0) is 65.4 Å². The Hall–Kier alpha value is -4.43. The van der Waals surface area contributed by atoms with Crippen LogP contribution in [0.5, 0.6) is 11.5 Å². The average Bonchev–Trinajstić information content (AvgIpc) is 2.98. The van der Waals surface area contributed by atoms with Gasteiger partial charge < -0.3 is 25.0 Å². The quantitative estimate of drug-likeness (QED) is 0.354. The molecule has 5 rings (SSSR count). The number of nitrogens with one attached hydrogen (secondary N) is 2. The van der Waals surface area contributed by atoms with Crippen molar-refractivity contribution in [2.45, 2.75) is 13.8 Å². The fraction of sp³-hybridized carbons (Fsp3) is 0.233. The number of morpholine rings is 1. The van der Waals surface area contributed by atoms with Crippen molar-refractivity contribution in [1.82, 2.24) is 10.3 Å². The van der Waals surface area contributed by atoms with E-state index < -0.39 is 0 Å². The first-order valence-electron chi connectivity index (χ1n) is 12.7. The smallest absolute Gasteiger partial charge is 0.256 e. The molecule has 1 saturated heterocycles. The summed E-state index contributed by atoms with van der Waals surface area (Å²) in [7, 11) is 1.61. The lowest BCUT2D eigenvalue weighted by atomic mass is 10.0. The molecule has 0 radical (unpaired) electrons. The molecule has 3 aromatic carbocycles. The molecule has 1 aliphatic heterocycles. The summed E-state index contributed by atoms with van der Waals surface area (Å²) >= 11 is 0. The molecular formula is C30H32N4O4. The van der Waals surface area contributed by atoms with Crippen LogP contribution in [0.25, 0.3) is 10.8 Å². The number of anilines is 2. The molecule has 0 saturated carbocycles. The van der Waals surface area contributed by atoms with Gasteiger partial charge in [-0.3, -0.25) is 9.59 Å². The lowest BCUT2D eigenvalue weighted by Crippen LogP contribution is -2.36. The Bertz CT molecular complexity index is 1400. The number of carbonyl (C=O) groups is 2. The number of hydrogen-bond acceptors (Lipinski definition) is 6. The Morgan fingerprint density at radius 3 is 2.37 bits per heavy atom. The number of aromatic nitrogens is 1. The third kappa shape index (κ3) is 6.27. The Morgan fingerprint density at radius 2 is 1.63 bits per heavy atom. The summed E-state index contributed by atoms with van der Waals surface area (Å²) < 4.78 is 11.4. The van der Waals surface area contributed by atoms with Crippen LogP contribution in [0.15, 0.2) is 79.0 Å². The molecule has 1 aliphatic rings. The first-order chi connectivity index (χ1) is 18.6. The Labute approximate surface area is 222 Å². The number of nitrogens with zero attached hydrogens (tertiary/aromatic N) is 2. The zero-order valence-electron chi connectivity index (χ0n) is 21.9. The second kappa shape index (κ2) is 12.7. The molecule has 1 fully saturated rings. The third-order valence-corrected chi connectivity index (χ3v) is 6.04. The molecule has 8 nitrogen and oxygen atoms in total. The number of carbonyl (C=O) groups excluding carboxylic acids is 2. The van der Waals surface area contributed by atoms with Crippen molar-refractivity contribution in [3.8, 4) is 11.5 Å². The minimum atomic E-state index is -0.249. The first-order valence-corrected chi connectivity index (χ1v) is 12.7. The summed E-state index contributed by atoms with van der Waals surface area (Å²) in [4.78, 5) is 31.4. The van der Waals surface area contributed by atoms with E-state index in [0.29, 0.717) is 41.7 Å². The molecule has 2 amide bonds. The van der Waals surface area contributed by atoms with Gasteiger partial charge in [-0.25, -0.2) is 4.98 Å². The number of ether oxygens (including phenoxy) is 2. The molecular weight excluding hydrogens is 480 g/mol. The van der Waals surface area contributed by atoms with E-state index in [2.05, 4.69) is 20.5 Å². The highest BCUT2D eigenvalue weighted by atomic mass is 16.5. The summed E-state index contributed by atoms with van der Waals surface area (Å²) in [5, 5.41) is 7.22. The molecule has 1 aromatic heterocycles. The van der Waals surface area contributed by atoms with E-state index >= 15 is 0 Å². The van der Waals surface area contributed by atoms with Crippen molar-refractivity contribution >= 4 is 34.1 Å². The van der Waals surface area contributed by atoms with Gasteiger partial charge in [0.1, 0.15) is 17.3 Å². The molecule has 0 unspecified atom stereocenters. The zero-order chi connectivity index (χ0) is 26.9. The van der Waals surface area contributed by atoms with Gasteiger partial charge in [0.2, 0.25) is 0 Å². The largest absolute Gasteiger partial charge is 0.457 e. The van der Waals surface area contributed by atoms with Crippen LogP contribution in [0, 0.1) is 0 Å². The minimum Gasteiger partial charge on any atom is -0.457 e. The molecule has 2 N–H and O–H groups in total. The second-order valence-corrected chi connectivity index (χ2v) is 8.35. The summed E-state index contributed by atoms with van der Waals surface area (Å²) in [6.45, 7) is 7.11. The van der Waals surface area contributed by atoms with Gasteiger partial charge in [0.05, 0.1) is 13.2 Å². The van der Waals surface area contributed by atoms with Gasteiger partial charge in [-0.2, -0.15) is 0 Å². The first kappa shape index (κ1) is 26.6. The molecule has 0 atom stereocenters. The molecule has 0 aliphatic carbocycles. The van der Waals surface area contributed by atoms with Crippen molar-refractivity contribution in [3.05, 3.63) is 90.1 Å². The van der Waals surface area contributed by atoms with E-state index in [0.717, 1.165) is 29.5 Å². The maximum Gasteiger partial charge on any atom is 0.256 e. The van der Waals surface area contributed by atoms with E-state index in [-0.39, 0.29) is 11.8 Å². The lowest BCUT2D eigenvalue weighted by Gasteiger charge is -2.28. The van der Waals surface area contributed by atoms with E-state index in [1.165, 1.54) is 0 Å². The topological polar surface area (TPSA) is 92.8 Å². The lowest BCUT2D eigenvalue weighted by molar-refractivity contribution is 0.0963. The van der Waals surface area contributed by atoms with Crippen LogP contribution in [0.2, 0.25) is 0 Å². The van der Waals surface area contributed by atoms with Crippen LogP contribution >= 0.6 is 0 Å². The summed E-state index contributed by atoms with van der Waals surface area (Å²) in [5.74, 6) is 1.14. The van der Waals surface area contributed by atoms with Crippen LogP contribution in [-0.2, 0) is 4.74 Å². The third-order valence-electron chi connectivity index (χ3n) is 6.04. The van der Waals surface area contributed by atoms with Gasteiger partial charge in [0, 0.05) is 49.2 Å². The van der Waals surface area contributed by atoms with Gasteiger partial charge in [-0.15, -0.1) is 0 Å². The summed E-state index contributed by atoms with van der Waals surface area (Å²) in [5.41, 5.74) is 2.22. The monoisotopic (exact) mass is 512 g/mol. The number of amides is 2. The van der Waals surface area contributed by atoms with Crippen LogP contribution in [0.1, 0.15) is 34.6 Å². The standard InChI is InChI=1S/C28H26N4O4.C2H6/c1-29-28(34)25-4-2-3-20-17-22(9-10-24(20)25)36-23-11-12-30-26(18-23)31-27(33)19-5-7-21(8-6-19)32-13-15-35-16-14-32;1-2/h2-12,17-18H,13-16H2,1H3,(H,29,34)(H,30,31,33);1-2H3.